The van der Waals surface area contributed by atoms with Gasteiger partial charge in [-0.15, -0.1) is 0 Å². The molecule has 2 aromatic carbocycles. The van der Waals surface area contributed by atoms with Gasteiger partial charge in [-0.1, -0.05) is 53.8 Å². The van der Waals surface area contributed by atoms with E-state index in [1.807, 2.05) is 54.6 Å². The molecule has 0 radical (unpaired) electrons. The highest BCUT2D eigenvalue weighted by Crippen LogP contribution is 2.25. The van der Waals surface area contributed by atoms with Gasteiger partial charge in [-0.05, 0) is 12.1 Å². The maximum Gasteiger partial charge on any atom is 0.220 e. The van der Waals surface area contributed by atoms with Crippen LogP contribution in [0.25, 0.3) is 21.5 Å². The molecule has 0 fully saturated rings. The lowest BCUT2D eigenvalue weighted by Crippen LogP contribution is -2.28. The zero-order valence-electron chi connectivity index (χ0n) is 15.2. The Balaban J connectivity index is 1.18. The molecule has 4 aromatic rings. The largest absolute Gasteiger partial charge is 0.441 e. The number of oxazole rings is 1. The van der Waals surface area contributed by atoms with Crippen LogP contribution in [0, 0.1) is 0 Å². The second-order valence-electron chi connectivity index (χ2n) is 6.25. The Labute approximate surface area is 166 Å². The number of hydrogen-bond donors (Lipinski definition) is 2. The van der Waals surface area contributed by atoms with Gasteiger partial charge >= 0.3 is 0 Å². The number of amides is 1. The van der Waals surface area contributed by atoms with E-state index >= 15 is 0 Å². The molecule has 2 aromatic heterocycles. The van der Waals surface area contributed by atoms with Crippen LogP contribution in [0.2, 0.25) is 0 Å². The number of benzene rings is 2. The molecule has 7 heteroatoms. The number of hydrogen-bond acceptors (Lipinski definition) is 6. The highest BCUT2D eigenvalue weighted by molar-refractivity contribution is 7.22. The van der Waals surface area contributed by atoms with Gasteiger partial charge in [0.15, 0.2) is 16.8 Å². The molecular formula is C21H20N4O2S. The number of carbonyl (C=O) groups is 1. The quantitative estimate of drug-likeness (QED) is 0.441. The summed E-state index contributed by atoms with van der Waals surface area (Å²) in [6, 6.07) is 17.8. The zero-order valence-corrected chi connectivity index (χ0v) is 16.0. The summed E-state index contributed by atoms with van der Waals surface area (Å²) in [5.41, 5.74) is 1.96. The smallest absolute Gasteiger partial charge is 0.220 e. The Morgan fingerprint density at radius 3 is 2.71 bits per heavy atom. The molecule has 2 N–H and O–H groups in total. The molecule has 0 spiro atoms. The van der Waals surface area contributed by atoms with E-state index in [0.29, 0.717) is 31.8 Å². The van der Waals surface area contributed by atoms with Crippen LogP contribution in [0.1, 0.15) is 12.3 Å². The van der Waals surface area contributed by atoms with Gasteiger partial charge in [0, 0.05) is 31.5 Å². The highest BCUT2D eigenvalue weighted by Gasteiger charge is 2.09. The van der Waals surface area contributed by atoms with E-state index in [0.717, 1.165) is 26.7 Å². The van der Waals surface area contributed by atoms with E-state index in [9.17, 15) is 4.79 Å². The van der Waals surface area contributed by atoms with Crippen molar-refractivity contribution in [2.24, 2.45) is 0 Å². The molecule has 4 rings (SSSR count). The fourth-order valence-corrected chi connectivity index (χ4v) is 3.68. The van der Waals surface area contributed by atoms with E-state index in [1.165, 1.54) is 0 Å². The minimum absolute atomic E-state index is 0.0226. The fraction of sp³-hybridized carbons (Fsp3) is 0.190. The summed E-state index contributed by atoms with van der Waals surface area (Å²) in [6.45, 7) is 1.17. The number of nitrogens with zero attached hydrogens (tertiary/aromatic N) is 2. The summed E-state index contributed by atoms with van der Waals surface area (Å²) in [5.74, 6) is 1.27. The van der Waals surface area contributed by atoms with Gasteiger partial charge in [0.2, 0.25) is 5.91 Å². The van der Waals surface area contributed by atoms with Crippen LogP contribution in [-0.2, 0) is 11.2 Å². The summed E-state index contributed by atoms with van der Waals surface area (Å²) >= 11 is 1.61. The number of rotatable bonds is 8. The summed E-state index contributed by atoms with van der Waals surface area (Å²) < 4.78 is 6.87. The Hall–Kier alpha value is -3.19. The lowest BCUT2D eigenvalue weighted by molar-refractivity contribution is -0.121. The van der Waals surface area contributed by atoms with Crippen molar-refractivity contribution in [1.29, 1.82) is 0 Å². The Morgan fingerprint density at radius 2 is 1.86 bits per heavy atom. The number of aryl methyl sites for hydroxylation is 1. The zero-order chi connectivity index (χ0) is 19.2. The van der Waals surface area contributed by atoms with E-state index in [4.69, 9.17) is 4.42 Å². The molecule has 0 bridgehead atoms. The van der Waals surface area contributed by atoms with Crippen LogP contribution in [0.15, 0.2) is 65.2 Å². The third-order valence-electron chi connectivity index (χ3n) is 4.20. The predicted octanol–water partition coefficient (Wildman–Crippen LogP) is 4.11. The first-order valence-corrected chi connectivity index (χ1v) is 9.96. The van der Waals surface area contributed by atoms with Gasteiger partial charge in [0.1, 0.15) is 0 Å². The lowest BCUT2D eigenvalue weighted by Gasteiger charge is -2.05. The van der Waals surface area contributed by atoms with Gasteiger partial charge in [-0.2, -0.15) is 0 Å². The highest BCUT2D eigenvalue weighted by atomic mass is 32.1. The number of anilines is 1. The van der Waals surface area contributed by atoms with Gasteiger partial charge in [0.25, 0.3) is 0 Å². The molecule has 6 nitrogen and oxygen atoms in total. The van der Waals surface area contributed by atoms with Crippen LogP contribution in [-0.4, -0.2) is 29.0 Å². The minimum Gasteiger partial charge on any atom is -0.441 e. The first-order valence-electron chi connectivity index (χ1n) is 9.14. The average Bonchev–Trinajstić information content (AvgIpc) is 3.37. The Morgan fingerprint density at radius 1 is 1.04 bits per heavy atom. The molecule has 0 unspecified atom stereocenters. The summed E-state index contributed by atoms with van der Waals surface area (Å²) in [7, 11) is 0. The molecule has 0 aliphatic heterocycles. The SMILES string of the molecule is O=C(CCc1ncc(-c2ccccc2)o1)NCCNc1nc2ccccc2s1. The number of fused-ring (bicyclic) bond motifs is 1. The number of para-hydroxylation sites is 1. The van der Waals surface area contributed by atoms with Crippen LogP contribution in [0.3, 0.4) is 0 Å². The van der Waals surface area contributed by atoms with Crippen molar-refractivity contribution in [3.63, 3.8) is 0 Å². The Kier molecular flexibility index (Phi) is 5.63. The lowest BCUT2D eigenvalue weighted by atomic mass is 10.2. The average molecular weight is 392 g/mol. The fourth-order valence-electron chi connectivity index (χ4n) is 2.79. The third kappa shape index (κ3) is 4.55. The van der Waals surface area contributed by atoms with Crippen molar-refractivity contribution >= 4 is 32.6 Å². The molecule has 0 saturated heterocycles. The molecule has 2 heterocycles. The monoisotopic (exact) mass is 392 g/mol. The second-order valence-corrected chi connectivity index (χ2v) is 7.28. The minimum atomic E-state index is -0.0226. The van der Waals surface area contributed by atoms with E-state index < -0.39 is 0 Å². The molecule has 0 aliphatic carbocycles. The van der Waals surface area contributed by atoms with Crippen LogP contribution in [0.4, 0.5) is 5.13 Å². The molecule has 0 atom stereocenters. The predicted molar refractivity (Wildman–Crippen MR) is 111 cm³/mol. The van der Waals surface area contributed by atoms with Crippen molar-refractivity contribution in [1.82, 2.24) is 15.3 Å². The molecule has 28 heavy (non-hydrogen) atoms. The van der Waals surface area contributed by atoms with Gasteiger partial charge < -0.3 is 15.1 Å². The second kappa shape index (κ2) is 8.67. The van der Waals surface area contributed by atoms with Crippen molar-refractivity contribution in [3.8, 4) is 11.3 Å². The molecule has 142 valence electrons. The normalized spacial score (nSPS) is 10.9. The maximum atomic E-state index is 12.0. The van der Waals surface area contributed by atoms with Crippen LogP contribution >= 0.6 is 11.3 Å². The molecular weight excluding hydrogens is 372 g/mol. The van der Waals surface area contributed by atoms with Gasteiger partial charge in [-0.3, -0.25) is 4.79 Å². The molecule has 0 saturated carbocycles. The Bertz CT molecular complexity index is 1030. The van der Waals surface area contributed by atoms with Crippen molar-refractivity contribution < 1.29 is 9.21 Å². The standard InChI is InChI=1S/C21H20N4O2S/c26-19(10-11-20-24-14-17(27-20)15-6-2-1-3-7-15)22-12-13-23-21-25-16-8-4-5-9-18(16)28-21/h1-9,14H,10-13H2,(H,22,26)(H,23,25). The van der Waals surface area contributed by atoms with Crippen molar-refractivity contribution in [2.75, 3.05) is 18.4 Å². The van der Waals surface area contributed by atoms with Gasteiger partial charge in [-0.25, -0.2) is 9.97 Å². The van der Waals surface area contributed by atoms with Crippen molar-refractivity contribution in [2.45, 2.75) is 12.8 Å². The van der Waals surface area contributed by atoms with Crippen molar-refractivity contribution in [3.05, 3.63) is 66.7 Å². The van der Waals surface area contributed by atoms with E-state index in [2.05, 4.69) is 20.6 Å². The van der Waals surface area contributed by atoms with Crippen LogP contribution in [0.5, 0.6) is 0 Å². The number of aromatic nitrogens is 2. The topological polar surface area (TPSA) is 80.0 Å². The van der Waals surface area contributed by atoms with E-state index in [-0.39, 0.29) is 5.91 Å². The molecule has 0 aliphatic rings. The summed E-state index contributed by atoms with van der Waals surface area (Å²) in [4.78, 5) is 20.8. The van der Waals surface area contributed by atoms with E-state index in [1.54, 1.807) is 17.5 Å². The van der Waals surface area contributed by atoms with Gasteiger partial charge in [0.05, 0.1) is 16.4 Å². The summed E-state index contributed by atoms with van der Waals surface area (Å²) in [5, 5.41) is 7.01. The number of thiazole rings is 1. The first-order chi connectivity index (χ1) is 13.8. The third-order valence-corrected chi connectivity index (χ3v) is 5.19. The maximum absolute atomic E-state index is 12.0. The first kappa shape index (κ1) is 18.2. The molecule has 1 amide bonds. The summed E-state index contributed by atoms with van der Waals surface area (Å²) in [6.07, 6.45) is 2.52. The number of carbonyl (C=O) groups excluding carboxylic acids is 1. The van der Waals surface area contributed by atoms with Crippen LogP contribution < -0.4 is 10.6 Å². The number of nitrogens with one attached hydrogen (secondary N) is 2.